The first-order valence-electron chi connectivity index (χ1n) is 10.9. The molecule has 3 rings (SSSR count). The molecule has 0 aromatic heterocycles. The molecule has 0 unspecified atom stereocenters. The van der Waals surface area contributed by atoms with Crippen LogP contribution >= 0.6 is 0 Å². The van der Waals surface area contributed by atoms with E-state index in [4.69, 9.17) is 14.2 Å². The summed E-state index contributed by atoms with van der Waals surface area (Å²) in [6.07, 6.45) is 1.44. The molecular formula is C25H35NO4. The Hall–Kier alpha value is -2.08. The van der Waals surface area contributed by atoms with Gasteiger partial charge in [-0.3, -0.25) is 4.90 Å². The van der Waals surface area contributed by atoms with Crippen LogP contribution in [0.2, 0.25) is 0 Å². The lowest BCUT2D eigenvalue weighted by Crippen LogP contribution is -2.47. The van der Waals surface area contributed by atoms with E-state index in [0.29, 0.717) is 26.4 Å². The standard InChI is InChI=1S/C25H35NO4/c1-4-28-15-16-29-23-8-6-22(7-9-23)18-26-13-11-25(27,12-14-26)19-30-24-10-5-20(2)17-21(24)3/h5-10,17,27H,4,11-16,18-19H2,1-3H3. The molecule has 0 bridgehead atoms. The van der Waals surface area contributed by atoms with E-state index in [0.717, 1.165) is 49.5 Å². The molecule has 0 radical (unpaired) electrons. The maximum absolute atomic E-state index is 10.9. The van der Waals surface area contributed by atoms with Crippen molar-refractivity contribution in [3.63, 3.8) is 0 Å². The summed E-state index contributed by atoms with van der Waals surface area (Å²) < 4.78 is 16.9. The van der Waals surface area contributed by atoms with Crippen LogP contribution in [0.25, 0.3) is 0 Å². The predicted octanol–water partition coefficient (Wildman–Crippen LogP) is 4.12. The van der Waals surface area contributed by atoms with E-state index in [-0.39, 0.29) is 0 Å². The molecule has 0 atom stereocenters. The minimum absolute atomic E-state index is 0.346. The fourth-order valence-electron chi connectivity index (χ4n) is 3.76. The Balaban J connectivity index is 1.42. The molecule has 5 heteroatoms. The van der Waals surface area contributed by atoms with E-state index in [2.05, 4.69) is 30.0 Å². The van der Waals surface area contributed by atoms with Crippen molar-refractivity contribution in [2.24, 2.45) is 0 Å². The molecule has 1 aliphatic rings. The van der Waals surface area contributed by atoms with Gasteiger partial charge in [0, 0.05) is 26.2 Å². The highest BCUT2D eigenvalue weighted by molar-refractivity contribution is 5.35. The fourth-order valence-corrected chi connectivity index (χ4v) is 3.76. The van der Waals surface area contributed by atoms with Gasteiger partial charge in [-0.1, -0.05) is 29.8 Å². The molecule has 1 aliphatic heterocycles. The minimum atomic E-state index is -0.758. The number of piperidine rings is 1. The van der Waals surface area contributed by atoms with Crippen LogP contribution in [0.5, 0.6) is 11.5 Å². The molecule has 1 N–H and O–H groups in total. The Morgan fingerprint density at radius 3 is 2.37 bits per heavy atom. The Morgan fingerprint density at radius 2 is 1.70 bits per heavy atom. The SMILES string of the molecule is CCOCCOc1ccc(CN2CCC(O)(COc3ccc(C)cc3C)CC2)cc1. The molecule has 0 aliphatic carbocycles. The first-order valence-corrected chi connectivity index (χ1v) is 10.9. The van der Waals surface area contributed by atoms with Crippen molar-refractivity contribution in [1.82, 2.24) is 4.90 Å². The molecule has 1 fully saturated rings. The third-order valence-corrected chi connectivity index (χ3v) is 5.64. The highest BCUT2D eigenvalue weighted by Gasteiger charge is 2.33. The zero-order valence-corrected chi connectivity index (χ0v) is 18.5. The summed E-state index contributed by atoms with van der Waals surface area (Å²) in [5.74, 6) is 1.73. The molecule has 0 spiro atoms. The molecular weight excluding hydrogens is 378 g/mol. The number of hydrogen-bond acceptors (Lipinski definition) is 5. The second kappa shape index (κ2) is 10.8. The van der Waals surface area contributed by atoms with E-state index in [1.54, 1.807) is 0 Å². The summed E-state index contributed by atoms with van der Waals surface area (Å²) in [5, 5.41) is 10.9. The first-order chi connectivity index (χ1) is 14.5. The number of rotatable bonds is 10. The van der Waals surface area contributed by atoms with Crippen LogP contribution in [-0.2, 0) is 11.3 Å². The van der Waals surface area contributed by atoms with Gasteiger partial charge in [0.1, 0.15) is 30.3 Å². The zero-order chi connectivity index (χ0) is 21.4. The number of likely N-dealkylation sites (tertiary alicyclic amines) is 1. The molecule has 164 valence electrons. The maximum Gasteiger partial charge on any atom is 0.122 e. The number of benzene rings is 2. The van der Waals surface area contributed by atoms with Crippen LogP contribution in [0.15, 0.2) is 42.5 Å². The van der Waals surface area contributed by atoms with Gasteiger partial charge < -0.3 is 19.3 Å². The number of nitrogens with zero attached hydrogens (tertiary/aromatic N) is 1. The number of ether oxygens (including phenoxy) is 3. The van der Waals surface area contributed by atoms with E-state index >= 15 is 0 Å². The van der Waals surface area contributed by atoms with Gasteiger partial charge in [-0.15, -0.1) is 0 Å². The lowest BCUT2D eigenvalue weighted by Gasteiger charge is -2.38. The van der Waals surface area contributed by atoms with Gasteiger partial charge in [0.05, 0.1) is 6.61 Å². The quantitative estimate of drug-likeness (QED) is 0.594. The molecule has 30 heavy (non-hydrogen) atoms. The molecule has 1 saturated heterocycles. The molecule has 1 heterocycles. The van der Waals surface area contributed by atoms with Crippen molar-refractivity contribution in [1.29, 1.82) is 0 Å². The predicted molar refractivity (Wildman–Crippen MR) is 119 cm³/mol. The second-order valence-electron chi connectivity index (χ2n) is 8.25. The number of aliphatic hydroxyl groups is 1. The average molecular weight is 414 g/mol. The van der Waals surface area contributed by atoms with E-state index in [9.17, 15) is 5.11 Å². The summed E-state index contributed by atoms with van der Waals surface area (Å²) in [7, 11) is 0. The van der Waals surface area contributed by atoms with Crippen LogP contribution in [-0.4, -0.2) is 55.1 Å². The minimum Gasteiger partial charge on any atom is -0.491 e. The highest BCUT2D eigenvalue weighted by atomic mass is 16.5. The molecule has 0 saturated carbocycles. The molecule has 0 amide bonds. The van der Waals surface area contributed by atoms with Gasteiger partial charge in [0.15, 0.2) is 0 Å². The third kappa shape index (κ3) is 6.73. The van der Waals surface area contributed by atoms with Crippen LogP contribution < -0.4 is 9.47 Å². The van der Waals surface area contributed by atoms with Crippen molar-refractivity contribution in [2.75, 3.05) is 39.5 Å². The van der Waals surface area contributed by atoms with E-state index in [1.165, 1.54) is 11.1 Å². The summed E-state index contributed by atoms with van der Waals surface area (Å²) in [4.78, 5) is 2.39. The average Bonchev–Trinajstić information content (AvgIpc) is 2.74. The summed E-state index contributed by atoms with van der Waals surface area (Å²) in [5.41, 5.74) is 2.83. The van der Waals surface area contributed by atoms with Crippen molar-refractivity contribution in [3.05, 3.63) is 59.2 Å². The Labute approximate surface area is 180 Å². The molecule has 2 aromatic carbocycles. The van der Waals surface area contributed by atoms with Crippen LogP contribution in [0.3, 0.4) is 0 Å². The van der Waals surface area contributed by atoms with Crippen molar-refractivity contribution < 1.29 is 19.3 Å². The smallest absolute Gasteiger partial charge is 0.122 e. The Bertz CT molecular complexity index is 782. The summed E-state index contributed by atoms with van der Waals surface area (Å²) >= 11 is 0. The van der Waals surface area contributed by atoms with Crippen molar-refractivity contribution in [3.8, 4) is 11.5 Å². The van der Waals surface area contributed by atoms with Crippen molar-refractivity contribution >= 4 is 0 Å². The summed E-state index contributed by atoms with van der Waals surface area (Å²) in [6, 6.07) is 14.4. The van der Waals surface area contributed by atoms with Gasteiger partial charge in [-0.2, -0.15) is 0 Å². The number of hydrogen-bond donors (Lipinski definition) is 1. The molecule has 5 nitrogen and oxygen atoms in total. The van der Waals surface area contributed by atoms with Crippen LogP contribution in [0.1, 0.15) is 36.5 Å². The van der Waals surface area contributed by atoms with Gasteiger partial charge >= 0.3 is 0 Å². The zero-order valence-electron chi connectivity index (χ0n) is 18.5. The number of aryl methyl sites for hydroxylation is 2. The Kier molecular flexibility index (Phi) is 8.14. The maximum atomic E-state index is 10.9. The molecule has 2 aromatic rings. The lowest BCUT2D eigenvalue weighted by molar-refractivity contribution is -0.0538. The van der Waals surface area contributed by atoms with Gasteiger partial charge in [0.2, 0.25) is 0 Å². The van der Waals surface area contributed by atoms with Gasteiger partial charge in [0.25, 0.3) is 0 Å². The largest absolute Gasteiger partial charge is 0.491 e. The monoisotopic (exact) mass is 413 g/mol. The summed E-state index contributed by atoms with van der Waals surface area (Å²) in [6.45, 7) is 10.9. The van der Waals surface area contributed by atoms with E-state index in [1.807, 2.05) is 38.1 Å². The Morgan fingerprint density at radius 1 is 0.967 bits per heavy atom. The second-order valence-corrected chi connectivity index (χ2v) is 8.25. The van der Waals surface area contributed by atoms with Gasteiger partial charge in [-0.05, 0) is 62.9 Å². The fraction of sp³-hybridized carbons (Fsp3) is 0.520. The van der Waals surface area contributed by atoms with Crippen LogP contribution in [0.4, 0.5) is 0 Å². The lowest BCUT2D eigenvalue weighted by atomic mass is 9.92. The van der Waals surface area contributed by atoms with E-state index < -0.39 is 5.60 Å². The first kappa shape index (κ1) is 22.6. The third-order valence-electron chi connectivity index (χ3n) is 5.64. The van der Waals surface area contributed by atoms with Crippen LogP contribution in [0, 0.1) is 13.8 Å². The van der Waals surface area contributed by atoms with Crippen molar-refractivity contribution in [2.45, 2.75) is 45.8 Å². The highest BCUT2D eigenvalue weighted by Crippen LogP contribution is 2.26. The normalized spacial score (nSPS) is 16.4. The topological polar surface area (TPSA) is 51.2 Å². The van der Waals surface area contributed by atoms with Gasteiger partial charge in [-0.25, -0.2) is 0 Å².